The van der Waals surface area contributed by atoms with E-state index >= 15 is 0 Å². The fourth-order valence-electron chi connectivity index (χ4n) is 2.03. The molecular weight excluding hydrogens is 264 g/mol. The van der Waals surface area contributed by atoms with Crippen molar-refractivity contribution in [2.45, 2.75) is 33.6 Å². The SMILES string of the molecule is Cc1ccc(C(C)C)c(Oc2nc(C)cc(C(=N)N)n2)c1. The molecule has 110 valence electrons. The predicted molar refractivity (Wildman–Crippen MR) is 83.1 cm³/mol. The standard InChI is InChI=1S/C16H20N4O/c1-9(2)12-6-5-10(3)7-14(12)21-16-19-11(4)8-13(20-16)15(17)18/h5-9H,1-4H3,(H3,17,18). The lowest BCUT2D eigenvalue weighted by atomic mass is 10.0. The van der Waals surface area contributed by atoms with Crippen LogP contribution in [0.25, 0.3) is 0 Å². The fraction of sp³-hybridized carbons (Fsp3) is 0.312. The minimum Gasteiger partial charge on any atom is -0.424 e. The Morgan fingerprint density at radius 2 is 1.90 bits per heavy atom. The van der Waals surface area contributed by atoms with E-state index in [9.17, 15) is 0 Å². The molecule has 0 unspecified atom stereocenters. The first-order valence-electron chi connectivity index (χ1n) is 6.85. The number of hydrogen-bond acceptors (Lipinski definition) is 4. The van der Waals surface area contributed by atoms with E-state index in [2.05, 4.69) is 35.9 Å². The third-order valence-corrected chi connectivity index (χ3v) is 3.10. The average molecular weight is 284 g/mol. The zero-order valence-corrected chi connectivity index (χ0v) is 12.8. The van der Waals surface area contributed by atoms with Crippen LogP contribution in [0.3, 0.4) is 0 Å². The van der Waals surface area contributed by atoms with Gasteiger partial charge in [-0.15, -0.1) is 0 Å². The number of aryl methyl sites for hydroxylation is 2. The van der Waals surface area contributed by atoms with Gasteiger partial charge in [0.15, 0.2) is 0 Å². The summed E-state index contributed by atoms with van der Waals surface area (Å²) in [5, 5.41) is 7.48. The molecule has 5 heteroatoms. The number of amidine groups is 1. The van der Waals surface area contributed by atoms with Gasteiger partial charge < -0.3 is 10.5 Å². The van der Waals surface area contributed by atoms with Crippen molar-refractivity contribution in [3.05, 3.63) is 46.8 Å². The van der Waals surface area contributed by atoms with E-state index in [0.717, 1.165) is 16.9 Å². The number of ether oxygens (including phenoxy) is 1. The Morgan fingerprint density at radius 1 is 1.19 bits per heavy atom. The van der Waals surface area contributed by atoms with Crippen molar-refractivity contribution in [1.82, 2.24) is 9.97 Å². The van der Waals surface area contributed by atoms with E-state index in [-0.39, 0.29) is 11.8 Å². The van der Waals surface area contributed by atoms with Gasteiger partial charge in [0, 0.05) is 5.69 Å². The summed E-state index contributed by atoms with van der Waals surface area (Å²) in [6.07, 6.45) is 0. The summed E-state index contributed by atoms with van der Waals surface area (Å²) in [7, 11) is 0. The first-order chi connectivity index (χ1) is 9.86. The first kappa shape index (κ1) is 15.0. The highest BCUT2D eigenvalue weighted by Crippen LogP contribution is 2.30. The lowest BCUT2D eigenvalue weighted by molar-refractivity contribution is 0.432. The quantitative estimate of drug-likeness (QED) is 0.666. The third kappa shape index (κ3) is 3.56. The maximum atomic E-state index is 7.48. The molecule has 0 bridgehead atoms. The Bertz CT molecular complexity index is 680. The highest BCUT2D eigenvalue weighted by atomic mass is 16.5. The molecule has 5 nitrogen and oxygen atoms in total. The Balaban J connectivity index is 2.42. The van der Waals surface area contributed by atoms with E-state index in [1.807, 2.05) is 19.9 Å². The molecule has 2 aromatic rings. The van der Waals surface area contributed by atoms with Crippen molar-refractivity contribution >= 4 is 5.84 Å². The van der Waals surface area contributed by atoms with Gasteiger partial charge in [-0.3, -0.25) is 5.41 Å². The van der Waals surface area contributed by atoms with E-state index in [4.69, 9.17) is 15.9 Å². The molecule has 3 N–H and O–H groups in total. The van der Waals surface area contributed by atoms with Gasteiger partial charge in [-0.05, 0) is 43.0 Å². The average Bonchev–Trinajstić information content (AvgIpc) is 2.37. The third-order valence-electron chi connectivity index (χ3n) is 3.10. The maximum Gasteiger partial charge on any atom is 0.322 e. The number of hydrogen-bond donors (Lipinski definition) is 2. The molecule has 0 fully saturated rings. The zero-order chi connectivity index (χ0) is 15.6. The second-order valence-electron chi connectivity index (χ2n) is 5.39. The van der Waals surface area contributed by atoms with Crippen LogP contribution < -0.4 is 10.5 Å². The van der Waals surface area contributed by atoms with Crippen LogP contribution >= 0.6 is 0 Å². The fourth-order valence-corrected chi connectivity index (χ4v) is 2.03. The first-order valence-corrected chi connectivity index (χ1v) is 6.85. The number of aromatic nitrogens is 2. The summed E-state index contributed by atoms with van der Waals surface area (Å²) in [6.45, 7) is 8.04. The lowest BCUT2D eigenvalue weighted by Crippen LogP contribution is -2.14. The van der Waals surface area contributed by atoms with Gasteiger partial charge in [0.05, 0.1) is 0 Å². The van der Waals surface area contributed by atoms with Crippen LogP contribution in [0.5, 0.6) is 11.8 Å². The second kappa shape index (κ2) is 5.91. The Kier molecular flexibility index (Phi) is 4.21. The van der Waals surface area contributed by atoms with Crippen molar-refractivity contribution in [1.29, 1.82) is 5.41 Å². The lowest BCUT2D eigenvalue weighted by Gasteiger charge is -2.14. The number of nitrogens with zero attached hydrogens (tertiary/aromatic N) is 2. The highest BCUT2D eigenvalue weighted by molar-refractivity contribution is 5.93. The minimum atomic E-state index is -0.0984. The van der Waals surface area contributed by atoms with Crippen LogP contribution in [0, 0.1) is 19.3 Å². The Hall–Kier alpha value is -2.43. The monoisotopic (exact) mass is 284 g/mol. The van der Waals surface area contributed by atoms with Crippen LogP contribution in [0.15, 0.2) is 24.3 Å². The maximum absolute atomic E-state index is 7.48. The molecule has 0 radical (unpaired) electrons. The van der Waals surface area contributed by atoms with Crippen LogP contribution in [-0.2, 0) is 0 Å². The number of nitrogens with one attached hydrogen (secondary N) is 1. The molecule has 0 saturated heterocycles. The smallest absolute Gasteiger partial charge is 0.322 e. The molecule has 0 aliphatic rings. The van der Waals surface area contributed by atoms with Gasteiger partial charge in [-0.1, -0.05) is 26.0 Å². The molecule has 1 aromatic heterocycles. The van der Waals surface area contributed by atoms with E-state index in [1.165, 1.54) is 0 Å². The summed E-state index contributed by atoms with van der Waals surface area (Å²) in [6, 6.07) is 7.95. The van der Waals surface area contributed by atoms with E-state index in [1.54, 1.807) is 6.07 Å². The van der Waals surface area contributed by atoms with Crippen LogP contribution in [0.4, 0.5) is 0 Å². The van der Waals surface area contributed by atoms with Gasteiger partial charge in [0.2, 0.25) is 0 Å². The van der Waals surface area contributed by atoms with Crippen molar-refractivity contribution in [2.75, 3.05) is 0 Å². The van der Waals surface area contributed by atoms with E-state index < -0.39 is 0 Å². The molecule has 0 aliphatic carbocycles. The number of benzene rings is 1. The number of nitrogens with two attached hydrogens (primary N) is 1. The topological polar surface area (TPSA) is 84.9 Å². The molecule has 0 saturated carbocycles. The Labute approximate surface area is 124 Å². The summed E-state index contributed by atoms with van der Waals surface area (Å²) < 4.78 is 5.85. The summed E-state index contributed by atoms with van der Waals surface area (Å²) >= 11 is 0. The molecular formula is C16H20N4O. The van der Waals surface area contributed by atoms with Crippen molar-refractivity contribution in [2.24, 2.45) is 5.73 Å². The predicted octanol–water partition coefficient (Wildman–Crippen LogP) is 3.29. The molecule has 21 heavy (non-hydrogen) atoms. The second-order valence-corrected chi connectivity index (χ2v) is 5.39. The number of rotatable bonds is 4. The Morgan fingerprint density at radius 3 is 2.52 bits per heavy atom. The summed E-state index contributed by atoms with van der Waals surface area (Å²) in [5.74, 6) is 0.974. The summed E-state index contributed by atoms with van der Waals surface area (Å²) in [4.78, 5) is 8.43. The molecule has 0 atom stereocenters. The molecule has 0 aliphatic heterocycles. The van der Waals surface area contributed by atoms with Crippen LogP contribution in [0.2, 0.25) is 0 Å². The van der Waals surface area contributed by atoms with Gasteiger partial charge in [0.25, 0.3) is 0 Å². The van der Waals surface area contributed by atoms with Gasteiger partial charge >= 0.3 is 6.01 Å². The van der Waals surface area contributed by atoms with E-state index in [0.29, 0.717) is 17.3 Å². The normalized spacial score (nSPS) is 10.7. The van der Waals surface area contributed by atoms with Crippen LogP contribution in [-0.4, -0.2) is 15.8 Å². The van der Waals surface area contributed by atoms with Gasteiger partial charge in [0.1, 0.15) is 17.3 Å². The molecule has 1 heterocycles. The van der Waals surface area contributed by atoms with Crippen molar-refractivity contribution < 1.29 is 4.74 Å². The van der Waals surface area contributed by atoms with Crippen molar-refractivity contribution in [3.63, 3.8) is 0 Å². The molecule has 1 aromatic carbocycles. The van der Waals surface area contributed by atoms with Crippen LogP contribution in [0.1, 0.15) is 42.3 Å². The minimum absolute atomic E-state index is 0.0984. The number of nitrogen functional groups attached to an aromatic ring is 1. The zero-order valence-electron chi connectivity index (χ0n) is 12.8. The molecule has 0 spiro atoms. The largest absolute Gasteiger partial charge is 0.424 e. The van der Waals surface area contributed by atoms with Gasteiger partial charge in [-0.25, -0.2) is 4.98 Å². The van der Waals surface area contributed by atoms with Gasteiger partial charge in [-0.2, -0.15) is 4.98 Å². The highest BCUT2D eigenvalue weighted by Gasteiger charge is 2.12. The molecule has 0 amide bonds. The van der Waals surface area contributed by atoms with Crippen molar-refractivity contribution in [3.8, 4) is 11.8 Å². The molecule has 2 rings (SSSR count). The summed E-state index contributed by atoms with van der Waals surface area (Å²) in [5.41, 5.74) is 8.77.